The van der Waals surface area contributed by atoms with Crippen molar-refractivity contribution in [2.45, 2.75) is 33.7 Å². The van der Waals surface area contributed by atoms with Crippen molar-refractivity contribution < 1.29 is 14.3 Å². The van der Waals surface area contributed by atoms with Crippen molar-refractivity contribution >= 4 is 33.7 Å². The zero-order valence-corrected chi connectivity index (χ0v) is 18.5. The van der Waals surface area contributed by atoms with Crippen molar-refractivity contribution in [3.8, 4) is 5.75 Å². The van der Waals surface area contributed by atoms with Crippen molar-refractivity contribution in [2.75, 3.05) is 13.2 Å². The second-order valence-corrected chi connectivity index (χ2v) is 8.60. The topological polar surface area (TPSA) is 51.1 Å². The number of esters is 1. The molecule has 6 heteroatoms. The van der Waals surface area contributed by atoms with Crippen LogP contribution in [0.4, 0.5) is 0 Å². The first-order valence-corrected chi connectivity index (χ1v) is 11.1. The Balaban J connectivity index is 1.87. The van der Waals surface area contributed by atoms with Crippen molar-refractivity contribution in [1.29, 1.82) is 0 Å². The average molecular weight is 423 g/mol. The van der Waals surface area contributed by atoms with Gasteiger partial charge >= 0.3 is 5.97 Å². The van der Waals surface area contributed by atoms with E-state index in [1.54, 1.807) is 11.8 Å². The molecule has 5 nitrogen and oxygen atoms in total. The van der Waals surface area contributed by atoms with E-state index in [2.05, 4.69) is 41.9 Å². The molecule has 0 saturated heterocycles. The number of hydrogen-bond acceptors (Lipinski definition) is 6. The van der Waals surface area contributed by atoms with E-state index in [0.717, 1.165) is 27.3 Å². The lowest BCUT2D eigenvalue weighted by molar-refractivity contribution is -0.139. The van der Waals surface area contributed by atoms with E-state index in [-0.39, 0.29) is 12.0 Å². The number of benzene rings is 2. The van der Waals surface area contributed by atoms with Crippen molar-refractivity contribution in [2.24, 2.45) is 10.9 Å². The third kappa shape index (κ3) is 3.72. The molecule has 0 aromatic heterocycles. The first kappa shape index (κ1) is 20.5. The Morgan fingerprint density at radius 2 is 1.97 bits per heavy atom. The molecule has 156 valence electrons. The van der Waals surface area contributed by atoms with Gasteiger partial charge in [0.15, 0.2) is 5.17 Å². The van der Waals surface area contributed by atoms with Gasteiger partial charge in [0.1, 0.15) is 5.75 Å². The summed E-state index contributed by atoms with van der Waals surface area (Å²) in [6, 6.07) is 12.0. The molecule has 0 spiro atoms. The maximum absolute atomic E-state index is 12.9. The lowest BCUT2D eigenvalue weighted by atomic mass is 9.90. The molecule has 0 saturated carbocycles. The molecule has 2 heterocycles. The first-order valence-electron chi connectivity index (χ1n) is 10.2. The minimum Gasteiger partial charge on any atom is -0.493 e. The Hall–Kier alpha value is -2.73. The second kappa shape index (κ2) is 8.56. The Kier molecular flexibility index (Phi) is 5.86. The predicted octanol–water partition coefficient (Wildman–Crippen LogP) is 5.64. The smallest absolute Gasteiger partial charge is 0.338 e. The van der Waals surface area contributed by atoms with Gasteiger partial charge < -0.3 is 14.4 Å². The molecule has 1 unspecified atom stereocenters. The number of nitrogens with zero attached hydrogens (tertiary/aromatic N) is 2. The normalized spacial score (nSPS) is 18.1. The van der Waals surface area contributed by atoms with E-state index in [1.165, 1.54) is 0 Å². The average Bonchev–Trinajstić information content (AvgIpc) is 3.19. The quantitative estimate of drug-likeness (QED) is 0.564. The van der Waals surface area contributed by atoms with Crippen LogP contribution in [-0.4, -0.2) is 29.3 Å². The van der Waals surface area contributed by atoms with E-state index < -0.39 is 0 Å². The van der Waals surface area contributed by atoms with Gasteiger partial charge in [-0.25, -0.2) is 9.79 Å². The monoisotopic (exact) mass is 422 g/mol. The molecule has 0 radical (unpaired) electrons. The lowest BCUT2D eigenvalue weighted by Crippen LogP contribution is -2.34. The molecule has 2 aromatic rings. The van der Waals surface area contributed by atoms with Crippen molar-refractivity contribution in [1.82, 2.24) is 4.90 Å². The van der Waals surface area contributed by atoms with Crippen LogP contribution in [-0.2, 0) is 9.53 Å². The van der Waals surface area contributed by atoms with Crippen LogP contribution >= 0.6 is 11.8 Å². The lowest BCUT2D eigenvalue weighted by Gasteiger charge is -2.34. The van der Waals surface area contributed by atoms with E-state index >= 15 is 0 Å². The molecule has 0 aliphatic carbocycles. The van der Waals surface area contributed by atoms with Crippen LogP contribution in [0.25, 0.3) is 10.8 Å². The number of thioether (sulfide) groups is 1. The van der Waals surface area contributed by atoms with Gasteiger partial charge in [-0.15, -0.1) is 0 Å². The number of amidine groups is 1. The van der Waals surface area contributed by atoms with Gasteiger partial charge in [0.05, 0.1) is 30.5 Å². The summed E-state index contributed by atoms with van der Waals surface area (Å²) in [7, 11) is 0. The zero-order chi connectivity index (χ0) is 21.3. The second-order valence-electron chi connectivity index (χ2n) is 7.73. The minimum atomic E-state index is -0.322. The number of aliphatic imine (C=N–C) groups is 1. The van der Waals surface area contributed by atoms with Crippen LogP contribution in [0.1, 0.15) is 39.3 Å². The third-order valence-corrected chi connectivity index (χ3v) is 5.87. The minimum absolute atomic E-state index is 0.299. The number of carbonyl (C=O) groups excluding carboxylic acids is 1. The van der Waals surface area contributed by atoms with Gasteiger partial charge in [0, 0.05) is 11.6 Å². The Morgan fingerprint density at radius 3 is 2.70 bits per heavy atom. The van der Waals surface area contributed by atoms with Gasteiger partial charge in [-0.2, -0.15) is 0 Å². The number of ether oxygens (including phenoxy) is 2. The zero-order valence-electron chi connectivity index (χ0n) is 17.7. The summed E-state index contributed by atoms with van der Waals surface area (Å²) in [4.78, 5) is 19.6. The first-order chi connectivity index (χ1) is 14.5. The van der Waals surface area contributed by atoms with Gasteiger partial charge in [0.2, 0.25) is 0 Å². The van der Waals surface area contributed by atoms with Gasteiger partial charge in [-0.05, 0) is 42.2 Å². The van der Waals surface area contributed by atoms with Crippen LogP contribution < -0.4 is 4.74 Å². The highest BCUT2D eigenvalue weighted by Crippen LogP contribution is 2.44. The predicted molar refractivity (Wildman–Crippen MR) is 122 cm³/mol. The molecule has 0 N–H and O–H groups in total. The number of carbonyl (C=O) groups is 1. The van der Waals surface area contributed by atoms with E-state index in [9.17, 15) is 4.79 Å². The summed E-state index contributed by atoms with van der Waals surface area (Å²) in [5.74, 6) is 0.975. The van der Waals surface area contributed by atoms with Crippen LogP contribution in [0.3, 0.4) is 0 Å². The Morgan fingerprint density at radius 1 is 1.20 bits per heavy atom. The molecule has 30 heavy (non-hydrogen) atoms. The molecule has 0 amide bonds. The Bertz CT molecular complexity index is 1070. The maximum atomic E-state index is 12.9. The SMILES string of the molecule is CCOC(=O)C1=C(C)N=C2SC=CN2C1c1ccc(OCC(C)C)c2ccccc12. The maximum Gasteiger partial charge on any atom is 0.338 e. The standard InChI is InChI=1S/C24H26N2O3S/c1-5-28-23(27)21-16(4)25-24-26(12-13-30-24)22(21)19-10-11-20(29-14-15(2)3)18-9-7-6-8-17(18)19/h6-13,15,22H,5,14H2,1-4H3. The highest BCUT2D eigenvalue weighted by molar-refractivity contribution is 8.16. The summed E-state index contributed by atoms with van der Waals surface area (Å²) in [5, 5.41) is 4.96. The molecule has 2 aromatic carbocycles. The number of rotatable bonds is 6. The molecular weight excluding hydrogens is 396 g/mol. The molecule has 0 bridgehead atoms. The third-order valence-electron chi connectivity index (χ3n) is 5.10. The van der Waals surface area contributed by atoms with Gasteiger partial charge in [-0.3, -0.25) is 0 Å². The molecule has 0 fully saturated rings. The Labute approximate surface area is 181 Å². The van der Waals surface area contributed by atoms with E-state index in [1.807, 2.05) is 43.7 Å². The summed E-state index contributed by atoms with van der Waals surface area (Å²) in [5.41, 5.74) is 2.31. The molecular formula is C24H26N2O3S. The van der Waals surface area contributed by atoms with Gasteiger partial charge in [-0.1, -0.05) is 55.9 Å². The molecule has 4 rings (SSSR count). The van der Waals surface area contributed by atoms with Crippen LogP contribution in [0.15, 0.2) is 64.3 Å². The number of fused-ring (bicyclic) bond motifs is 2. The summed E-state index contributed by atoms with van der Waals surface area (Å²) < 4.78 is 11.5. The fourth-order valence-corrected chi connectivity index (χ4v) is 4.58. The molecule has 2 aliphatic rings. The molecule has 2 aliphatic heterocycles. The van der Waals surface area contributed by atoms with Crippen LogP contribution in [0.2, 0.25) is 0 Å². The van der Waals surface area contributed by atoms with Crippen LogP contribution in [0.5, 0.6) is 5.75 Å². The highest BCUT2D eigenvalue weighted by atomic mass is 32.2. The molecule has 1 atom stereocenters. The van der Waals surface area contributed by atoms with Crippen molar-refractivity contribution in [3.05, 3.63) is 64.8 Å². The summed E-state index contributed by atoms with van der Waals surface area (Å²) in [6.07, 6.45) is 1.98. The van der Waals surface area contributed by atoms with Crippen LogP contribution in [0, 0.1) is 5.92 Å². The summed E-state index contributed by atoms with van der Waals surface area (Å²) >= 11 is 1.56. The van der Waals surface area contributed by atoms with E-state index in [4.69, 9.17) is 9.47 Å². The largest absolute Gasteiger partial charge is 0.493 e. The van der Waals surface area contributed by atoms with Crippen molar-refractivity contribution in [3.63, 3.8) is 0 Å². The fourth-order valence-electron chi connectivity index (χ4n) is 3.79. The number of hydrogen-bond donors (Lipinski definition) is 0. The number of allylic oxidation sites excluding steroid dienone is 1. The fraction of sp³-hybridized carbons (Fsp3) is 0.333. The highest BCUT2D eigenvalue weighted by Gasteiger charge is 2.38. The van der Waals surface area contributed by atoms with Gasteiger partial charge in [0.25, 0.3) is 0 Å². The van der Waals surface area contributed by atoms with E-state index in [0.29, 0.717) is 30.4 Å². The summed E-state index contributed by atoms with van der Waals surface area (Å²) in [6.45, 7) is 8.95.